The van der Waals surface area contributed by atoms with E-state index in [0.717, 1.165) is 12.0 Å². The van der Waals surface area contributed by atoms with Crippen molar-refractivity contribution in [3.05, 3.63) is 104 Å². The van der Waals surface area contributed by atoms with Gasteiger partial charge in [0.25, 0.3) is 0 Å². The van der Waals surface area contributed by atoms with Crippen molar-refractivity contribution in [3.8, 4) is 0 Å². The van der Waals surface area contributed by atoms with Gasteiger partial charge in [0.05, 0.1) is 5.75 Å². The maximum atomic E-state index is 14.3. The second-order valence-corrected chi connectivity index (χ2v) is 11.1. The zero-order valence-electron chi connectivity index (χ0n) is 21.2. The molecule has 0 saturated heterocycles. The Balaban J connectivity index is 1.92. The Labute approximate surface area is 242 Å². The van der Waals surface area contributed by atoms with Crippen LogP contribution in [0.2, 0.25) is 15.1 Å². The molecule has 3 rings (SSSR count). The standard InChI is InChI=1S/C29H30Cl3FN2O2S/c1-3-19(2)34-29(37)27(15-20-9-5-4-6-10-20)35(16-21-23(30)11-7-12-24(21)31)28(36)18-38-17-22-25(32)13-8-14-26(22)33/h4-14,19,27H,3,15-18H2,1-2H3,(H,34,37)/t19-,27+/m1/s1. The molecule has 3 aromatic rings. The van der Waals surface area contributed by atoms with E-state index < -0.39 is 11.9 Å². The van der Waals surface area contributed by atoms with Crippen LogP contribution < -0.4 is 5.32 Å². The van der Waals surface area contributed by atoms with Crippen LogP contribution in [0.25, 0.3) is 0 Å². The minimum Gasteiger partial charge on any atom is -0.352 e. The van der Waals surface area contributed by atoms with Crippen LogP contribution in [-0.4, -0.2) is 34.6 Å². The smallest absolute Gasteiger partial charge is 0.243 e. The quantitative estimate of drug-likeness (QED) is 0.235. The summed E-state index contributed by atoms with van der Waals surface area (Å²) in [6, 6.07) is 18.3. The lowest BCUT2D eigenvalue weighted by atomic mass is 10.0. The van der Waals surface area contributed by atoms with Crippen LogP contribution in [0.3, 0.4) is 0 Å². The van der Waals surface area contributed by atoms with Crippen molar-refractivity contribution in [1.29, 1.82) is 0 Å². The summed E-state index contributed by atoms with van der Waals surface area (Å²) in [5.41, 5.74) is 1.80. The molecule has 0 saturated carbocycles. The number of hydrogen-bond donors (Lipinski definition) is 1. The summed E-state index contributed by atoms with van der Waals surface area (Å²) in [7, 11) is 0. The molecule has 0 fully saturated rings. The Morgan fingerprint density at radius 1 is 0.921 bits per heavy atom. The first-order chi connectivity index (χ1) is 18.2. The lowest BCUT2D eigenvalue weighted by molar-refractivity contribution is -0.139. The maximum Gasteiger partial charge on any atom is 0.243 e. The highest BCUT2D eigenvalue weighted by molar-refractivity contribution is 7.99. The normalized spacial score (nSPS) is 12.6. The van der Waals surface area contributed by atoms with Crippen molar-refractivity contribution in [3.63, 3.8) is 0 Å². The van der Waals surface area contributed by atoms with Gasteiger partial charge in [0.15, 0.2) is 0 Å². The Hall–Kier alpha value is -2.25. The molecule has 38 heavy (non-hydrogen) atoms. The van der Waals surface area contributed by atoms with Crippen molar-refractivity contribution >= 4 is 58.4 Å². The average molecular weight is 596 g/mol. The molecular weight excluding hydrogens is 566 g/mol. The highest BCUT2D eigenvalue weighted by atomic mass is 35.5. The molecule has 202 valence electrons. The van der Waals surface area contributed by atoms with Crippen molar-refractivity contribution in [2.45, 2.75) is 51.1 Å². The van der Waals surface area contributed by atoms with Gasteiger partial charge < -0.3 is 10.2 Å². The third-order valence-electron chi connectivity index (χ3n) is 6.20. The summed E-state index contributed by atoms with van der Waals surface area (Å²) in [6.07, 6.45) is 1.05. The zero-order valence-corrected chi connectivity index (χ0v) is 24.3. The number of hydrogen-bond acceptors (Lipinski definition) is 3. The van der Waals surface area contributed by atoms with E-state index >= 15 is 0 Å². The molecule has 0 heterocycles. The summed E-state index contributed by atoms with van der Waals surface area (Å²) in [4.78, 5) is 28.8. The van der Waals surface area contributed by atoms with Gasteiger partial charge in [0.2, 0.25) is 11.8 Å². The van der Waals surface area contributed by atoms with Crippen LogP contribution >= 0.6 is 46.6 Å². The molecule has 0 spiro atoms. The first-order valence-corrected chi connectivity index (χ1v) is 14.6. The molecule has 2 amide bonds. The molecule has 0 unspecified atom stereocenters. The van der Waals surface area contributed by atoms with Crippen LogP contribution in [0, 0.1) is 5.82 Å². The van der Waals surface area contributed by atoms with Crippen molar-refractivity contribution in [2.75, 3.05) is 5.75 Å². The van der Waals surface area contributed by atoms with Crippen LogP contribution in [0.1, 0.15) is 37.0 Å². The molecular formula is C29H30Cl3FN2O2S. The van der Waals surface area contributed by atoms with Crippen LogP contribution in [0.4, 0.5) is 4.39 Å². The fraction of sp³-hybridized carbons (Fsp3) is 0.310. The van der Waals surface area contributed by atoms with Gasteiger partial charge in [0.1, 0.15) is 11.9 Å². The van der Waals surface area contributed by atoms with Gasteiger partial charge in [-0.2, -0.15) is 0 Å². The van der Waals surface area contributed by atoms with Gasteiger partial charge in [-0.15, -0.1) is 11.8 Å². The van der Waals surface area contributed by atoms with Gasteiger partial charge in [-0.25, -0.2) is 4.39 Å². The van der Waals surface area contributed by atoms with Gasteiger partial charge in [-0.3, -0.25) is 9.59 Å². The largest absolute Gasteiger partial charge is 0.352 e. The van der Waals surface area contributed by atoms with E-state index in [2.05, 4.69) is 5.32 Å². The molecule has 0 bridgehead atoms. The van der Waals surface area contributed by atoms with Gasteiger partial charge in [-0.1, -0.05) is 84.2 Å². The second kappa shape index (κ2) is 14.8. The van der Waals surface area contributed by atoms with E-state index in [1.807, 2.05) is 44.2 Å². The van der Waals surface area contributed by atoms with Crippen LogP contribution in [0.15, 0.2) is 66.7 Å². The number of benzene rings is 3. The highest BCUT2D eigenvalue weighted by Crippen LogP contribution is 2.29. The van der Waals surface area contributed by atoms with E-state index in [1.54, 1.807) is 24.3 Å². The molecule has 1 N–H and O–H groups in total. The average Bonchev–Trinajstić information content (AvgIpc) is 2.89. The van der Waals surface area contributed by atoms with E-state index in [4.69, 9.17) is 34.8 Å². The van der Waals surface area contributed by atoms with E-state index in [-0.39, 0.29) is 35.9 Å². The monoisotopic (exact) mass is 594 g/mol. The SMILES string of the molecule is CC[C@@H](C)NC(=O)[C@H](Cc1ccccc1)N(Cc1c(Cl)cccc1Cl)C(=O)CSCc1c(F)cccc1Cl. The lowest BCUT2D eigenvalue weighted by Crippen LogP contribution is -2.52. The molecule has 0 aliphatic heterocycles. The number of thioether (sulfide) groups is 1. The summed E-state index contributed by atoms with van der Waals surface area (Å²) >= 11 is 20.3. The fourth-order valence-electron chi connectivity index (χ4n) is 3.84. The Kier molecular flexibility index (Phi) is 11.8. The van der Waals surface area contributed by atoms with Gasteiger partial charge >= 0.3 is 0 Å². The van der Waals surface area contributed by atoms with Crippen molar-refractivity contribution in [2.24, 2.45) is 0 Å². The molecule has 0 aromatic heterocycles. The predicted octanol–water partition coefficient (Wildman–Crippen LogP) is 7.57. The fourth-order valence-corrected chi connectivity index (χ4v) is 5.61. The minimum atomic E-state index is -0.816. The number of nitrogens with one attached hydrogen (secondary N) is 1. The topological polar surface area (TPSA) is 49.4 Å². The molecule has 0 radical (unpaired) electrons. The molecule has 3 aromatic carbocycles. The third kappa shape index (κ3) is 8.37. The molecule has 4 nitrogen and oxygen atoms in total. The van der Waals surface area contributed by atoms with E-state index in [9.17, 15) is 14.0 Å². The number of rotatable bonds is 12. The Bertz CT molecular complexity index is 1210. The Morgan fingerprint density at radius 2 is 1.53 bits per heavy atom. The van der Waals surface area contributed by atoms with Crippen LogP contribution in [-0.2, 0) is 28.3 Å². The highest BCUT2D eigenvalue weighted by Gasteiger charge is 2.31. The maximum absolute atomic E-state index is 14.3. The van der Waals surface area contributed by atoms with E-state index in [1.165, 1.54) is 28.8 Å². The van der Waals surface area contributed by atoms with Gasteiger partial charge in [-0.05, 0) is 43.2 Å². The number of carbonyl (C=O) groups excluding carboxylic acids is 2. The zero-order chi connectivity index (χ0) is 27.7. The Morgan fingerprint density at radius 3 is 2.13 bits per heavy atom. The summed E-state index contributed by atoms with van der Waals surface area (Å²) in [5, 5.41) is 4.14. The number of carbonyl (C=O) groups is 2. The molecule has 0 aliphatic carbocycles. The van der Waals surface area contributed by atoms with Crippen LogP contribution in [0.5, 0.6) is 0 Å². The van der Waals surface area contributed by atoms with E-state index in [0.29, 0.717) is 32.6 Å². The van der Waals surface area contributed by atoms with Gasteiger partial charge in [0, 0.05) is 51.0 Å². The number of nitrogens with zero attached hydrogens (tertiary/aromatic N) is 1. The second-order valence-electron chi connectivity index (χ2n) is 8.94. The summed E-state index contributed by atoms with van der Waals surface area (Å²) < 4.78 is 14.3. The third-order valence-corrected chi connectivity index (χ3v) is 8.20. The van der Waals surface area contributed by atoms with Crippen molar-refractivity contribution in [1.82, 2.24) is 10.2 Å². The lowest BCUT2D eigenvalue weighted by Gasteiger charge is -2.32. The van der Waals surface area contributed by atoms with Crippen molar-refractivity contribution < 1.29 is 14.0 Å². The molecule has 0 aliphatic rings. The number of halogens is 4. The molecule has 9 heteroatoms. The molecule has 2 atom stereocenters. The predicted molar refractivity (Wildman–Crippen MR) is 156 cm³/mol. The minimum absolute atomic E-state index is 0.00857. The number of amides is 2. The first-order valence-electron chi connectivity index (χ1n) is 12.3. The summed E-state index contributed by atoms with van der Waals surface area (Å²) in [6.45, 7) is 3.94. The summed E-state index contributed by atoms with van der Waals surface area (Å²) in [5.74, 6) is -0.762. The first kappa shape index (κ1) is 30.3.